The highest BCUT2D eigenvalue weighted by Crippen LogP contribution is 2.12. The van der Waals surface area contributed by atoms with Crippen molar-refractivity contribution in [2.24, 2.45) is 0 Å². The Kier molecular flexibility index (Phi) is 7.03. The lowest BCUT2D eigenvalue weighted by Gasteiger charge is -2.24. The zero-order valence-electron chi connectivity index (χ0n) is 13.1. The van der Waals surface area contributed by atoms with Gasteiger partial charge in [-0.2, -0.15) is 0 Å². The topological polar surface area (TPSA) is 76.1 Å². The molecule has 1 N–H and O–H groups in total. The lowest BCUT2D eigenvalue weighted by molar-refractivity contribution is -0.145. The molecule has 1 fully saturated rings. The van der Waals surface area contributed by atoms with Gasteiger partial charge in [0.15, 0.2) is 0 Å². The van der Waals surface area contributed by atoms with E-state index in [0.717, 1.165) is 18.4 Å². The Morgan fingerprint density at radius 1 is 1.22 bits per heavy atom. The zero-order chi connectivity index (χ0) is 16.5. The summed E-state index contributed by atoms with van der Waals surface area (Å²) in [5, 5.41) is 9.00. The van der Waals surface area contributed by atoms with Gasteiger partial charge in [-0.05, 0) is 18.4 Å². The average molecular weight is 321 g/mol. The van der Waals surface area contributed by atoms with Crippen LogP contribution in [0.5, 0.6) is 0 Å². The molecule has 6 heteroatoms. The van der Waals surface area contributed by atoms with Crippen molar-refractivity contribution >= 4 is 11.9 Å². The third-order valence-electron chi connectivity index (χ3n) is 3.73. The molecule has 0 aliphatic carbocycles. The van der Waals surface area contributed by atoms with Gasteiger partial charge in [-0.3, -0.25) is 9.59 Å². The first-order chi connectivity index (χ1) is 11.1. The molecule has 1 amide bonds. The first-order valence-electron chi connectivity index (χ1n) is 7.88. The Morgan fingerprint density at radius 3 is 2.57 bits per heavy atom. The lowest BCUT2D eigenvalue weighted by Crippen LogP contribution is -2.36. The summed E-state index contributed by atoms with van der Waals surface area (Å²) in [6, 6.07) is 9.37. The highest BCUT2D eigenvalue weighted by Gasteiger charge is 2.19. The molecule has 0 spiro atoms. The Bertz CT molecular complexity index is 499. The van der Waals surface area contributed by atoms with Crippen LogP contribution in [0.4, 0.5) is 0 Å². The van der Waals surface area contributed by atoms with Crippen LogP contribution >= 0.6 is 0 Å². The summed E-state index contributed by atoms with van der Waals surface area (Å²) in [6.07, 6.45) is 2.02. The number of carboxylic acid groups (broad SMARTS) is 1. The van der Waals surface area contributed by atoms with Crippen LogP contribution in [0.2, 0.25) is 0 Å². The molecule has 1 heterocycles. The predicted molar refractivity (Wildman–Crippen MR) is 83.9 cm³/mol. The summed E-state index contributed by atoms with van der Waals surface area (Å²) in [7, 11) is 0. The summed E-state index contributed by atoms with van der Waals surface area (Å²) in [5.41, 5.74) is 0.910. The van der Waals surface area contributed by atoms with Gasteiger partial charge in [0, 0.05) is 19.8 Å². The Balaban J connectivity index is 1.82. The third kappa shape index (κ3) is 6.38. The maximum atomic E-state index is 12.3. The van der Waals surface area contributed by atoms with E-state index in [1.165, 1.54) is 4.90 Å². The van der Waals surface area contributed by atoms with Crippen molar-refractivity contribution in [1.29, 1.82) is 0 Å². The number of hydrogen-bond donors (Lipinski definition) is 1. The molecule has 2 rings (SSSR count). The zero-order valence-corrected chi connectivity index (χ0v) is 13.1. The number of ether oxygens (including phenoxy) is 2. The minimum atomic E-state index is -1.01. The van der Waals surface area contributed by atoms with Crippen molar-refractivity contribution in [3.05, 3.63) is 35.9 Å². The van der Waals surface area contributed by atoms with Gasteiger partial charge >= 0.3 is 5.97 Å². The van der Waals surface area contributed by atoms with Crippen LogP contribution in [0, 0.1) is 0 Å². The van der Waals surface area contributed by atoms with Gasteiger partial charge in [0.25, 0.3) is 0 Å². The third-order valence-corrected chi connectivity index (χ3v) is 3.73. The summed E-state index contributed by atoms with van der Waals surface area (Å²) < 4.78 is 10.9. The number of rotatable bonds is 8. The number of nitrogens with zero attached hydrogens (tertiary/aromatic N) is 1. The van der Waals surface area contributed by atoms with Gasteiger partial charge in [-0.15, -0.1) is 0 Å². The standard InChI is InChI=1S/C17H23NO5/c19-16(8-11-23-15-6-9-22-10-7-15)18(13-17(20)21)12-14-4-2-1-3-5-14/h1-5,15H,6-13H2,(H,20,21). The lowest BCUT2D eigenvalue weighted by atomic mass is 10.1. The van der Waals surface area contributed by atoms with E-state index >= 15 is 0 Å². The van der Waals surface area contributed by atoms with Crippen LogP contribution in [0.25, 0.3) is 0 Å². The molecule has 0 aromatic heterocycles. The van der Waals surface area contributed by atoms with Crippen molar-refractivity contribution in [2.75, 3.05) is 26.4 Å². The highest BCUT2D eigenvalue weighted by atomic mass is 16.5. The number of amides is 1. The van der Waals surface area contributed by atoms with E-state index in [1.54, 1.807) is 0 Å². The monoisotopic (exact) mass is 321 g/mol. The SMILES string of the molecule is O=C(O)CN(Cc1ccccc1)C(=O)CCOC1CCOCC1. The van der Waals surface area contributed by atoms with Gasteiger partial charge in [0.2, 0.25) is 5.91 Å². The van der Waals surface area contributed by atoms with Crippen LogP contribution in [-0.4, -0.2) is 54.4 Å². The molecular formula is C17H23NO5. The minimum absolute atomic E-state index is 0.138. The summed E-state index contributed by atoms with van der Waals surface area (Å²) in [6.45, 7) is 1.69. The fourth-order valence-corrected chi connectivity index (χ4v) is 2.51. The first kappa shape index (κ1) is 17.4. The molecule has 1 aliphatic heterocycles. The van der Waals surface area contributed by atoms with Gasteiger partial charge in [0.05, 0.1) is 19.1 Å². The largest absolute Gasteiger partial charge is 0.480 e. The van der Waals surface area contributed by atoms with Gasteiger partial charge < -0.3 is 19.5 Å². The Hall–Kier alpha value is -1.92. The molecule has 1 aromatic carbocycles. The first-order valence-corrected chi connectivity index (χ1v) is 7.88. The number of carbonyl (C=O) groups excluding carboxylic acids is 1. The maximum Gasteiger partial charge on any atom is 0.323 e. The fraction of sp³-hybridized carbons (Fsp3) is 0.529. The molecule has 0 atom stereocenters. The van der Waals surface area contributed by atoms with E-state index < -0.39 is 5.97 Å². The normalized spacial score (nSPS) is 15.3. The quantitative estimate of drug-likeness (QED) is 0.788. The van der Waals surface area contributed by atoms with Crippen LogP contribution in [0.1, 0.15) is 24.8 Å². The number of hydrogen-bond acceptors (Lipinski definition) is 4. The second-order valence-corrected chi connectivity index (χ2v) is 5.56. The maximum absolute atomic E-state index is 12.3. The number of aliphatic carboxylic acids is 1. The van der Waals surface area contributed by atoms with E-state index in [0.29, 0.717) is 26.4 Å². The second kappa shape index (κ2) is 9.27. The van der Waals surface area contributed by atoms with Crippen molar-refractivity contribution in [3.63, 3.8) is 0 Å². The van der Waals surface area contributed by atoms with E-state index in [9.17, 15) is 9.59 Å². The molecule has 0 unspecified atom stereocenters. The number of carboxylic acids is 1. The van der Waals surface area contributed by atoms with Crippen LogP contribution in [-0.2, 0) is 25.6 Å². The predicted octanol–water partition coefficient (Wildman–Crippen LogP) is 1.69. The van der Waals surface area contributed by atoms with Crippen molar-refractivity contribution in [2.45, 2.75) is 31.9 Å². The summed E-state index contributed by atoms with van der Waals surface area (Å²) in [4.78, 5) is 24.6. The van der Waals surface area contributed by atoms with Crippen LogP contribution < -0.4 is 0 Å². The van der Waals surface area contributed by atoms with Gasteiger partial charge in [-0.25, -0.2) is 0 Å². The van der Waals surface area contributed by atoms with E-state index in [2.05, 4.69) is 0 Å². The molecule has 23 heavy (non-hydrogen) atoms. The van der Waals surface area contributed by atoms with Crippen molar-refractivity contribution in [1.82, 2.24) is 4.90 Å². The number of benzene rings is 1. The number of carbonyl (C=O) groups is 2. The Morgan fingerprint density at radius 2 is 1.91 bits per heavy atom. The molecule has 1 saturated heterocycles. The average Bonchev–Trinajstić information content (AvgIpc) is 2.56. The second-order valence-electron chi connectivity index (χ2n) is 5.56. The molecule has 126 valence electrons. The highest BCUT2D eigenvalue weighted by molar-refractivity contribution is 5.81. The van der Waals surface area contributed by atoms with E-state index in [-0.39, 0.29) is 25.0 Å². The fourth-order valence-electron chi connectivity index (χ4n) is 2.51. The smallest absolute Gasteiger partial charge is 0.323 e. The van der Waals surface area contributed by atoms with E-state index in [4.69, 9.17) is 14.6 Å². The molecule has 0 radical (unpaired) electrons. The van der Waals surface area contributed by atoms with Gasteiger partial charge in [-0.1, -0.05) is 30.3 Å². The molecule has 1 aliphatic rings. The van der Waals surface area contributed by atoms with Gasteiger partial charge in [0.1, 0.15) is 6.54 Å². The summed E-state index contributed by atoms with van der Waals surface area (Å²) >= 11 is 0. The van der Waals surface area contributed by atoms with Crippen LogP contribution in [0.3, 0.4) is 0 Å². The van der Waals surface area contributed by atoms with Crippen molar-refractivity contribution < 1.29 is 24.2 Å². The molecule has 6 nitrogen and oxygen atoms in total. The summed E-state index contributed by atoms with van der Waals surface area (Å²) in [5.74, 6) is -1.22. The minimum Gasteiger partial charge on any atom is -0.480 e. The van der Waals surface area contributed by atoms with Crippen LogP contribution in [0.15, 0.2) is 30.3 Å². The molecule has 1 aromatic rings. The van der Waals surface area contributed by atoms with E-state index in [1.807, 2.05) is 30.3 Å². The molecule has 0 bridgehead atoms. The molecule has 0 saturated carbocycles. The molecular weight excluding hydrogens is 298 g/mol. The van der Waals surface area contributed by atoms with Crippen molar-refractivity contribution in [3.8, 4) is 0 Å². The Labute approximate surface area is 136 Å².